The summed E-state index contributed by atoms with van der Waals surface area (Å²) in [5, 5.41) is 9.55. The molecule has 8 nitrogen and oxygen atoms in total. The van der Waals surface area contributed by atoms with Crippen molar-refractivity contribution in [3.05, 3.63) is 35.4 Å². The summed E-state index contributed by atoms with van der Waals surface area (Å²) >= 11 is 0. The Kier molecular flexibility index (Phi) is 7.06. The van der Waals surface area contributed by atoms with Gasteiger partial charge in [-0.15, -0.1) is 0 Å². The van der Waals surface area contributed by atoms with Crippen LogP contribution in [0, 0.1) is 0 Å². The lowest BCUT2D eigenvalue weighted by Crippen LogP contribution is -2.38. The molecule has 0 saturated carbocycles. The molecule has 2 rings (SSSR count). The first-order valence-electron chi connectivity index (χ1n) is 8.83. The van der Waals surface area contributed by atoms with Crippen molar-refractivity contribution in [3.8, 4) is 0 Å². The van der Waals surface area contributed by atoms with Crippen molar-refractivity contribution in [3.63, 3.8) is 0 Å². The van der Waals surface area contributed by atoms with Crippen molar-refractivity contribution >= 4 is 23.7 Å². The molecule has 1 atom stereocenters. The lowest BCUT2D eigenvalue weighted by molar-refractivity contribution is -0.142. The topological polar surface area (TPSA) is 104 Å². The highest BCUT2D eigenvalue weighted by molar-refractivity contribution is 6.21. The minimum atomic E-state index is -0.733. The molecule has 1 aliphatic heterocycles. The Balaban J connectivity index is 1.89. The number of fused-ring (bicyclic) bond motifs is 1. The van der Waals surface area contributed by atoms with E-state index in [1.165, 1.54) is 12.0 Å². The van der Waals surface area contributed by atoms with Crippen molar-refractivity contribution in [2.24, 2.45) is 0 Å². The number of aliphatic hydroxyl groups excluding tert-OH is 1. The van der Waals surface area contributed by atoms with Gasteiger partial charge in [-0.05, 0) is 25.5 Å². The molecular formula is C19H24N2O6. The Hall–Kier alpha value is -2.74. The summed E-state index contributed by atoms with van der Waals surface area (Å²) in [4.78, 5) is 50.8. The van der Waals surface area contributed by atoms with E-state index in [9.17, 15) is 24.3 Å². The zero-order chi connectivity index (χ0) is 20.0. The predicted molar refractivity (Wildman–Crippen MR) is 95.9 cm³/mol. The third-order valence-electron chi connectivity index (χ3n) is 4.30. The number of hydrogen-bond donors (Lipinski definition) is 1. The Morgan fingerprint density at radius 3 is 2.26 bits per heavy atom. The van der Waals surface area contributed by atoms with E-state index >= 15 is 0 Å². The summed E-state index contributed by atoms with van der Waals surface area (Å²) in [6, 6.07) is 6.62. The SMILES string of the molecule is COC(=O)CCN(CC(C)O)C(=O)CCCN1C(=O)c2ccccc2C1=O. The number of amides is 3. The quantitative estimate of drug-likeness (QED) is 0.506. The summed E-state index contributed by atoms with van der Waals surface area (Å²) in [6.45, 7) is 1.93. The van der Waals surface area contributed by atoms with Gasteiger partial charge in [0.05, 0.1) is 30.8 Å². The Bertz CT molecular complexity index is 696. The standard InChI is InChI=1S/C19H24N2O6/c1-13(22)12-20(11-9-17(24)27-2)16(23)8-5-10-21-18(25)14-6-3-4-7-15(14)19(21)26/h3-4,6-7,13,22H,5,8-12H2,1-2H3. The van der Waals surface area contributed by atoms with Crippen LogP contribution in [0.1, 0.15) is 46.9 Å². The van der Waals surface area contributed by atoms with Crippen molar-refractivity contribution < 1.29 is 29.0 Å². The normalized spacial score (nSPS) is 14.1. The number of benzene rings is 1. The van der Waals surface area contributed by atoms with Gasteiger partial charge < -0.3 is 14.7 Å². The Labute approximate surface area is 157 Å². The first-order valence-corrected chi connectivity index (χ1v) is 8.83. The van der Waals surface area contributed by atoms with Crippen LogP contribution in [-0.2, 0) is 14.3 Å². The van der Waals surface area contributed by atoms with Gasteiger partial charge >= 0.3 is 5.97 Å². The average molecular weight is 376 g/mol. The molecule has 0 aromatic heterocycles. The van der Waals surface area contributed by atoms with Crippen molar-refractivity contribution in [2.45, 2.75) is 32.3 Å². The number of methoxy groups -OCH3 is 1. The maximum Gasteiger partial charge on any atom is 0.307 e. The second kappa shape index (κ2) is 9.27. The molecule has 0 bridgehead atoms. The maximum absolute atomic E-state index is 12.4. The molecule has 8 heteroatoms. The number of hydrogen-bond acceptors (Lipinski definition) is 6. The van der Waals surface area contributed by atoms with Gasteiger partial charge in [-0.3, -0.25) is 24.1 Å². The molecule has 146 valence electrons. The fraction of sp³-hybridized carbons (Fsp3) is 0.474. The zero-order valence-corrected chi connectivity index (χ0v) is 15.5. The van der Waals surface area contributed by atoms with E-state index in [4.69, 9.17) is 0 Å². The molecule has 1 N–H and O–H groups in total. The molecule has 1 aliphatic rings. The van der Waals surface area contributed by atoms with Gasteiger partial charge in [0.1, 0.15) is 0 Å². The van der Waals surface area contributed by atoms with Gasteiger partial charge in [0.15, 0.2) is 0 Å². The zero-order valence-electron chi connectivity index (χ0n) is 15.5. The molecular weight excluding hydrogens is 352 g/mol. The highest BCUT2D eigenvalue weighted by Crippen LogP contribution is 2.22. The van der Waals surface area contributed by atoms with Gasteiger partial charge in [-0.1, -0.05) is 12.1 Å². The monoisotopic (exact) mass is 376 g/mol. The van der Waals surface area contributed by atoms with Crippen molar-refractivity contribution in [1.29, 1.82) is 0 Å². The summed E-state index contributed by atoms with van der Waals surface area (Å²) in [5.74, 6) is -1.40. The molecule has 0 radical (unpaired) electrons. The molecule has 0 aliphatic carbocycles. The third-order valence-corrected chi connectivity index (χ3v) is 4.30. The van der Waals surface area contributed by atoms with Crippen LogP contribution in [0.4, 0.5) is 0 Å². The molecule has 0 fully saturated rings. The first kappa shape index (κ1) is 20.6. The van der Waals surface area contributed by atoms with Crippen LogP contribution in [-0.4, -0.2) is 71.4 Å². The summed E-state index contributed by atoms with van der Waals surface area (Å²) in [6.07, 6.45) is -0.295. The van der Waals surface area contributed by atoms with Crippen LogP contribution in [0.3, 0.4) is 0 Å². The lowest BCUT2D eigenvalue weighted by Gasteiger charge is -2.24. The Morgan fingerprint density at radius 2 is 1.74 bits per heavy atom. The second-order valence-electron chi connectivity index (χ2n) is 6.43. The van der Waals surface area contributed by atoms with E-state index in [2.05, 4.69) is 4.74 Å². The van der Waals surface area contributed by atoms with Crippen LogP contribution < -0.4 is 0 Å². The highest BCUT2D eigenvalue weighted by Gasteiger charge is 2.34. The second-order valence-corrected chi connectivity index (χ2v) is 6.43. The largest absolute Gasteiger partial charge is 0.469 e. The van der Waals surface area contributed by atoms with Gasteiger partial charge in [-0.2, -0.15) is 0 Å². The van der Waals surface area contributed by atoms with Gasteiger partial charge in [0.2, 0.25) is 5.91 Å². The van der Waals surface area contributed by atoms with Gasteiger partial charge in [-0.25, -0.2) is 0 Å². The van der Waals surface area contributed by atoms with Crippen LogP contribution in [0.5, 0.6) is 0 Å². The number of carbonyl (C=O) groups is 4. The summed E-state index contributed by atoms with van der Waals surface area (Å²) < 4.78 is 4.57. The fourth-order valence-electron chi connectivity index (χ4n) is 2.95. The van der Waals surface area contributed by atoms with Crippen LogP contribution in [0.25, 0.3) is 0 Å². The van der Waals surface area contributed by atoms with E-state index in [1.807, 2.05) is 0 Å². The number of carbonyl (C=O) groups excluding carboxylic acids is 4. The summed E-state index contributed by atoms with van der Waals surface area (Å²) in [5.41, 5.74) is 0.755. The Morgan fingerprint density at radius 1 is 1.15 bits per heavy atom. The average Bonchev–Trinajstić information content (AvgIpc) is 2.89. The molecule has 0 saturated heterocycles. The molecule has 1 aromatic carbocycles. The van der Waals surface area contributed by atoms with Crippen molar-refractivity contribution in [2.75, 3.05) is 26.7 Å². The minimum absolute atomic E-state index is 0.0351. The molecule has 0 spiro atoms. The van der Waals surface area contributed by atoms with Crippen molar-refractivity contribution in [1.82, 2.24) is 9.80 Å². The van der Waals surface area contributed by atoms with E-state index in [0.29, 0.717) is 17.5 Å². The third kappa shape index (κ3) is 5.13. The highest BCUT2D eigenvalue weighted by atomic mass is 16.5. The molecule has 3 amide bonds. The molecule has 1 unspecified atom stereocenters. The fourth-order valence-corrected chi connectivity index (χ4v) is 2.95. The van der Waals surface area contributed by atoms with E-state index in [-0.39, 0.29) is 50.2 Å². The number of imide groups is 1. The van der Waals surface area contributed by atoms with E-state index in [1.54, 1.807) is 31.2 Å². The molecule has 1 aromatic rings. The minimum Gasteiger partial charge on any atom is -0.469 e. The van der Waals surface area contributed by atoms with Crippen LogP contribution in [0.15, 0.2) is 24.3 Å². The number of nitrogens with zero attached hydrogens (tertiary/aromatic N) is 2. The van der Waals surface area contributed by atoms with Gasteiger partial charge in [0, 0.05) is 26.1 Å². The van der Waals surface area contributed by atoms with Crippen LogP contribution >= 0.6 is 0 Å². The van der Waals surface area contributed by atoms with E-state index < -0.39 is 12.1 Å². The molecule has 1 heterocycles. The number of rotatable bonds is 9. The smallest absolute Gasteiger partial charge is 0.307 e. The summed E-state index contributed by atoms with van der Waals surface area (Å²) in [7, 11) is 1.27. The van der Waals surface area contributed by atoms with Crippen LogP contribution in [0.2, 0.25) is 0 Å². The first-order chi connectivity index (χ1) is 12.8. The lowest BCUT2D eigenvalue weighted by atomic mass is 10.1. The maximum atomic E-state index is 12.4. The number of ether oxygens (including phenoxy) is 1. The van der Waals surface area contributed by atoms with Gasteiger partial charge in [0.25, 0.3) is 11.8 Å². The predicted octanol–water partition coefficient (Wildman–Crippen LogP) is 0.835. The number of esters is 1. The number of aliphatic hydroxyl groups is 1. The molecule has 27 heavy (non-hydrogen) atoms. The van der Waals surface area contributed by atoms with E-state index in [0.717, 1.165) is 4.90 Å².